The van der Waals surface area contributed by atoms with E-state index in [2.05, 4.69) is 46.7 Å². The predicted octanol–water partition coefficient (Wildman–Crippen LogP) is 5.35. The molecular formula is C29H34FN3O2. The Kier molecular flexibility index (Phi) is 6.51. The highest BCUT2D eigenvalue weighted by atomic mass is 19.1. The third-order valence-corrected chi connectivity index (χ3v) is 7.37. The molecule has 0 saturated carbocycles. The van der Waals surface area contributed by atoms with Crippen LogP contribution in [0.25, 0.3) is 11.1 Å². The molecule has 3 aliphatic rings. The number of carbonyl (C=O) groups is 1. The van der Waals surface area contributed by atoms with Crippen molar-refractivity contribution in [1.29, 1.82) is 0 Å². The summed E-state index contributed by atoms with van der Waals surface area (Å²) in [6.07, 6.45) is 5.90. The van der Waals surface area contributed by atoms with E-state index in [9.17, 15) is 9.18 Å². The SMILES string of the molecule is CC1CCCCN1CCNCc1ccc(C2=CC(=C3C(=O)Nc4ccc(F)cc43)OC2(C)C)cc1. The van der Waals surface area contributed by atoms with Crippen molar-refractivity contribution in [2.75, 3.05) is 25.0 Å². The summed E-state index contributed by atoms with van der Waals surface area (Å²) in [4.78, 5) is 15.2. The molecule has 0 aliphatic carbocycles. The maximum absolute atomic E-state index is 13.9. The van der Waals surface area contributed by atoms with Crippen molar-refractivity contribution >= 4 is 22.7 Å². The Morgan fingerprint density at radius 2 is 1.97 bits per heavy atom. The molecule has 5 rings (SSSR count). The highest BCUT2D eigenvalue weighted by molar-refractivity contribution is 6.32. The van der Waals surface area contributed by atoms with Crippen LogP contribution in [0, 0.1) is 5.82 Å². The first kappa shape index (κ1) is 23.8. The second-order valence-electron chi connectivity index (χ2n) is 10.3. The fourth-order valence-corrected chi connectivity index (χ4v) is 5.35. The van der Waals surface area contributed by atoms with Crippen molar-refractivity contribution in [3.63, 3.8) is 0 Å². The predicted molar refractivity (Wildman–Crippen MR) is 138 cm³/mol. The number of ether oxygens (including phenoxy) is 1. The minimum Gasteiger partial charge on any atom is -0.482 e. The van der Waals surface area contributed by atoms with Crippen LogP contribution in [0.5, 0.6) is 0 Å². The molecule has 2 aromatic rings. The highest BCUT2D eigenvalue weighted by Crippen LogP contribution is 2.44. The number of hydrogen-bond acceptors (Lipinski definition) is 4. The van der Waals surface area contributed by atoms with E-state index in [0.717, 1.165) is 30.8 Å². The quantitative estimate of drug-likeness (QED) is 0.437. The standard InChI is InChI=1S/C29H34FN3O2/c1-19-6-4-5-14-33(19)15-13-31-18-20-7-9-21(10-8-20)24-17-26(35-29(24,2)3)27-23-16-22(30)11-12-25(23)32-28(27)34/h7-12,16-17,19,31H,4-6,13-15,18H2,1-3H3,(H,32,34). The lowest BCUT2D eigenvalue weighted by Gasteiger charge is -2.33. The van der Waals surface area contributed by atoms with Crippen molar-refractivity contribution in [1.82, 2.24) is 10.2 Å². The summed E-state index contributed by atoms with van der Waals surface area (Å²) in [5, 5.41) is 6.38. The molecule has 184 valence electrons. The number of hydrogen-bond donors (Lipinski definition) is 2. The number of halogens is 1. The van der Waals surface area contributed by atoms with Crippen LogP contribution in [-0.2, 0) is 16.1 Å². The van der Waals surface area contributed by atoms with Gasteiger partial charge in [-0.1, -0.05) is 30.7 Å². The molecule has 35 heavy (non-hydrogen) atoms. The summed E-state index contributed by atoms with van der Waals surface area (Å²) < 4.78 is 20.1. The van der Waals surface area contributed by atoms with Gasteiger partial charge >= 0.3 is 0 Å². The third kappa shape index (κ3) is 4.91. The van der Waals surface area contributed by atoms with Gasteiger partial charge in [0.05, 0.1) is 5.57 Å². The second kappa shape index (κ2) is 9.59. The first-order valence-corrected chi connectivity index (χ1v) is 12.6. The summed E-state index contributed by atoms with van der Waals surface area (Å²) >= 11 is 0. The molecule has 1 atom stereocenters. The Bertz CT molecular complexity index is 1180. The summed E-state index contributed by atoms with van der Waals surface area (Å²) in [7, 11) is 0. The van der Waals surface area contributed by atoms with Crippen molar-refractivity contribution < 1.29 is 13.9 Å². The van der Waals surface area contributed by atoms with Crippen LogP contribution >= 0.6 is 0 Å². The van der Waals surface area contributed by atoms with Gasteiger partial charge in [-0.25, -0.2) is 4.39 Å². The maximum atomic E-state index is 13.9. The highest BCUT2D eigenvalue weighted by Gasteiger charge is 2.38. The topological polar surface area (TPSA) is 53.6 Å². The Labute approximate surface area is 207 Å². The van der Waals surface area contributed by atoms with E-state index >= 15 is 0 Å². The zero-order chi connectivity index (χ0) is 24.6. The fourth-order valence-electron chi connectivity index (χ4n) is 5.35. The average molecular weight is 476 g/mol. The number of amides is 1. The Morgan fingerprint density at radius 3 is 2.74 bits per heavy atom. The molecule has 1 unspecified atom stereocenters. The smallest absolute Gasteiger partial charge is 0.260 e. The lowest BCUT2D eigenvalue weighted by molar-refractivity contribution is -0.111. The first-order valence-electron chi connectivity index (χ1n) is 12.6. The van der Waals surface area contributed by atoms with Crippen LogP contribution in [-0.4, -0.2) is 42.1 Å². The van der Waals surface area contributed by atoms with Gasteiger partial charge in [-0.15, -0.1) is 0 Å². The van der Waals surface area contributed by atoms with Gasteiger partial charge in [0, 0.05) is 42.5 Å². The second-order valence-corrected chi connectivity index (χ2v) is 10.3. The van der Waals surface area contributed by atoms with Gasteiger partial charge in [0.2, 0.25) is 0 Å². The number of nitrogens with one attached hydrogen (secondary N) is 2. The van der Waals surface area contributed by atoms with Gasteiger partial charge in [0.1, 0.15) is 17.2 Å². The molecule has 0 spiro atoms. The molecule has 0 bridgehead atoms. The van der Waals surface area contributed by atoms with Gasteiger partial charge in [0.25, 0.3) is 5.91 Å². The Hall–Kier alpha value is -2.96. The fraction of sp³-hybridized carbons (Fsp3) is 0.414. The number of fused-ring (bicyclic) bond motifs is 1. The summed E-state index contributed by atoms with van der Waals surface area (Å²) in [6, 6.07) is 13.5. The van der Waals surface area contributed by atoms with E-state index in [1.807, 2.05) is 19.9 Å². The molecule has 1 saturated heterocycles. The van der Waals surface area contributed by atoms with Gasteiger partial charge < -0.3 is 15.4 Å². The van der Waals surface area contributed by atoms with Gasteiger partial charge in [-0.05, 0) is 75.6 Å². The zero-order valence-electron chi connectivity index (χ0n) is 20.8. The van der Waals surface area contributed by atoms with E-state index in [1.165, 1.54) is 43.5 Å². The minimum atomic E-state index is -0.608. The van der Waals surface area contributed by atoms with E-state index < -0.39 is 5.60 Å². The van der Waals surface area contributed by atoms with E-state index in [0.29, 0.717) is 28.6 Å². The monoisotopic (exact) mass is 475 g/mol. The summed E-state index contributed by atoms with van der Waals surface area (Å²) in [5.74, 6) is -0.173. The van der Waals surface area contributed by atoms with E-state index in [-0.39, 0.29) is 11.7 Å². The van der Waals surface area contributed by atoms with Crippen molar-refractivity contribution in [3.8, 4) is 0 Å². The zero-order valence-corrected chi connectivity index (χ0v) is 20.8. The number of nitrogens with zero attached hydrogens (tertiary/aromatic N) is 1. The van der Waals surface area contributed by atoms with Gasteiger partial charge in [-0.2, -0.15) is 0 Å². The lowest BCUT2D eigenvalue weighted by Crippen LogP contribution is -2.41. The van der Waals surface area contributed by atoms with E-state index in [4.69, 9.17) is 4.74 Å². The number of anilines is 1. The summed E-state index contributed by atoms with van der Waals surface area (Å²) in [5.41, 5.74) is 4.20. The van der Waals surface area contributed by atoms with Crippen LogP contribution in [0.1, 0.15) is 56.7 Å². The lowest BCUT2D eigenvalue weighted by atomic mass is 9.91. The number of allylic oxidation sites excluding steroid dienone is 1. The minimum absolute atomic E-state index is 0.269. The van der Waals surface area contributed by atoms with Gasteiger partial charge in [-0.3, -0.25) is 9.69 Å². The molecule has 0 radical (unpaired) electrons. The number of likely N-dealkylation sites (tertiary alicyclic amines) is 1. The van der Waals surface area contributed by atoms with Crippen molar-refractivity contribution in [2.45, 2.75) is 58.2 Å². The molecule has 1 fully saturated rings. The third-order valence-electron chi connectivity index (χ3n) is 7.37. The summed E-state index contributed by atoms with van der Waals surface area (Å²) in [6.45, 7) is 10.4. The molecule has 2 aromatic carbocycles. The normalized spacial score (nSPS) is 23.6. The number of rotatable bonds is 6. The maximum Gasteiger partial charge on any atom is 0.260 e. The van der Waals surface area contributed by atoms with E-state index in [1.54, 1.807) is 6.07 Å². The first-order chi connectivity index (χ1) is 16.8. The van der Waals surface area contributed by atoms with Crippen molar-refractivity contribution in [2.24, 2.45) is 0 Å². The number of carbonyl (C=O) groups excluding carboxylic acids is 1. The largest absolute Gasteiger partial charge is 0.482 e. The van der Waals surface area contributed by atoms with Crippen molar-refractivity contribution in [3.05, 3.63) is 76.8 Å². The molecule has 5 nitrogen and oxygen atoms in total. The van der Waals surface area contributed by atoms with Crippen LogP contribution in [0.15, 0.2) is 54.3 Å². The molecule has 3 heterocycles. The molecule has 0 aromatic heterocycles. The van der Waals surface area contributed by atoms with Crippen LogP contribution in [0.2, 0.25) is 0 Å². The Morgan fingerprint density at radius 1 is 1.17 bits per heavy atom. The average Bonchev–Trinajstić information content (AvgIpc) is 3.32. The Balaban J connectivity index is 1.28. The van der Waals surface area contributed by atoms with Crippen LogP contribution < -0.4 is 10.6 Å². The molecule has 1 amide bonds. The molecule has 3 aliphatic heterocycles. The van der Waals surface area contributed by atoms with Crippen LogP contribution in [0.3, 0.4) is 0 Å². The number of benzene rings is 2. The molecule has 2 N–H and O–H groups in total. The van der Waals surface area contributed by atoms with Crippen LogP contribution in [0.4, 0.5) is 10.1 Å². The molecular weight excluding hydrogens is 441 g/mol. The number of piperidine rings is 1. The molecule has 6 heteroatoms. The van der Waals surface area contributed by atoms with Gasteiger partial charge in [0.15, 0.2) is 0 Å².